The van der Waals surface area contributed by atoms with Gasteiger partial charge in [0.05, 0.1) is 6.61 Å². The Balaban J connectivity index is 1.99. The first-order chi connectivity index (χ1) is 11.8. The maximum Gasteiger partial charge on any atom is 0.252 e. The first kappa shape index (κ1) is 21.2. The summed E-state index contributed by atoms with van der Waals surface area (Å²) in [5.41, 5.74) is 2.91. The van der Waals surface area contributed by atoms with Gasteiger partial charge in [0.25, 0.3) is 6.73 Å². The van der Waals surface area contributed by atoms with Crippen molar-refractivity contribution in [3.05, 3.63) is 29.6 Å². The molecule has 0 saturated heterocycles. The van der Waals surface area contributed by atoms with E-state index in [1.165, 1.54) is 75.3 Å². The van der Waals surface area contributed by atoms with Gasteiger partial charge in [-0.05, 0) is 24.8 Å². The highest BCUT2D eigenvalue weighted by Gasteiger charge is 2.06. The zero-order chi connectivity index (χ0) is 17.5. The molecule has 1 aromatic heterocycles. The molecule has 2 nitrogen and oxygen atoms in total. The molecule has 1 heterocycles. The molecule has 0 bridgehead atoms. The van der Waals surface area contributed by atoms with Crippen LogP contribution in [0.15, 0.2) is 18.5 Å². The molecule has 0 unspecified atom stereocenters. The SMILES string of the molecule is CCCCCCCCCCCCOC[n+]1ccc(CC)c(CC)c1. The highest BCUT2D eigenvalue weighted by atomic mass is 16.5. The van der Waals surface area contributed by atoms with Crippen LogP contribution in [0.5, 0.6) is 0 Å². The number of rotatable bonds is 15. The normalized spacial score (nSPS) is 11.1. The number of ether oxygens (including phenoxy) is 1. The summed E-state index contributed by atoms with van der Waals surface area (Å²) in [7, 11) is 0. The number of hydrogen-bond acceptors (Lipinski definition) is 1. The summed E-state index contributed by atoms with van der Waals surface area (Å²) in [5, 5.41) is 0. The standard InChI is InChI=1S/C22H40NO/c1-4-7-8-9-10-11-12-13-14-15-18-24-20-23-17-16-21(5-2)22(6-3)19-23/h16-17,19H,4-15,18,20H2,1-3H3/q+1. The molecular weight excluding hydrogens is 294 g/mol. The maximum absolute atomic E-state index is 5.83. The van der Waals surface area contributed by atoms with Crippen LogP contribution < -0.4 is 4.57 Å². The van der Waals surface area contributed by atoms with Gasteiger partial charge in [-0.3, -0.25) is 0 Å². The summed E-state index contributed by atoms with van der Waals surface area (Å²) < 4.78 is 8.00. The smallest absolute Gasteiger partial charge is 0.252 e. The van der Waals surface area contributed by atoms with Crippen molar-refractivity contribution in [3.8, 4) is 0 Å². The van der Waals surface area contributed by atoms with Crippen molar-refractivity contribution in [3.63, 3.8) is 0 Å². The minimum Gasteiger partial charge on any atom is -0.323 e. The van der Waals surface area contributed by atoms with Gasteiger partial charge < -0.3 is 4.74 Å². The summed E-state index contributed by atoms with van der Waals surface area (Å²) >= 11 is 0. The van der Waals surface area contributed by atoms with E-state index in [0.29, 0.717) is 6.73 Å². The van der Waals surface area contributed by atoms with Crippen molar-refractivity contribution in [2.75, 3.05) is 6.61 Å². The molecule has 0 aromatic carbocycles. The lowest BCUT2D eigenvalue weighted by molar-refractivity contribution is -0.733. The quantitative estimate of drug-likeness (QED) is 0.283. The molecule has 24 heavy (non-hydrogen) atoms. The fourth-order valence-electron chi connectivity index (χ4n) is 3.22. The van der Waals surface area contributed by atoms with Crippen LogP contribution in [-0.4, -0.2) is 6.61 Å². The largest absolute Gasteiger partial charge is 0.323 e. The molecular formula is C22H40NO+. The molecule has 138 valence electrons. The minimum atomic E-state index is 0.689. The van der Waals surface area contributed by atoms with Crippen molar-refractivity contribution >= 4 is 0 Å². The predicted molar refractivity (Wildman–Crippen MR) is 103 cm³/mol. The van der Waals surface area contributed by atoms with Gasteiger partial charge in [0.15, 0.2) is 12.4 Å². The van der Waals surface area contributed by atoms with E-state index in [1.807, 2.05) is 0 Å². The average Bonchev–Trinajstić information content (AvgIpc) is 2.62. The summed E-state index contributed by atoms with van der Waals surface area (Å²) in [6, 6.07) is 2.24. The van der Waals surface area contributed by atoms with E-state index in [2.05, 4.69) is 43.8 Å². The molecule has 0 spiro atoms. The summed E-state index contributed by atoms with van der Waals surface area (Å²) in [6.07, 6.45) is 20.4. The number of unbranched alkanes of at least 4 members (excludes halogenated alkanes) is 9. The van der Waals surface area contributed by atoms with Gasteiger partial charge >= 0.3 is 0 Å². The minimum absolute atomic E-state index is 0.689. The highest BCUT2D eigenvalue weighted by Crippen LogP contribution is 2.10. The van der Waals surface area contributed by atoms with Gasteiger partial charge in [0, 0.05) is 11.6 Å². The second kappa shape index (κ2) is 14.5. The van der Waals surface area contributed by atoms with Crippen molar-refractivity contribution in [1.29, 1.82) is 0 Å². The number of aromatic nitrogens is 1. The van der Waals surface area contributed by atoms with Gasteiger partial charge in [0.1, 0.15) is 0 Å². The Hall–Kier alpha value is -0.890. The predicted octanol–water partition coefficient (Wildman–Crippen LogP) is 5.99. The molecule has 0 radical (unpaired) electrons. The lowest BCUT2D eigenvalue weighted by Crippen LogP contribution is -2.35. The van der Waals surface area contributed by atoms with Gasteiger partial charge in [-0.2, -0.15) is 4.57 Å². The summed E-state index contributed by atoms with van der Waals surface area (Å²) in [4.78, 5) is 0. The Kier molecular flexibility index (Phi) is 12.7. The van der Waals surface area contributed by atoms with Crippen molar-refractivity contribution in [2.24, 2.45) is 0 Å². The van der Waals surface area contributed by atoms with E-state index in [0.717, 1.165) is 19.4 Å². The molecule has 0 atom stereocenters. The molecule has 0 N–H and O–H groups in total. The molecule has 0 amide bonds. The van der Waals surface area contributed by atoms with Crippen LogP contribution in [0.3, 0.4) is 0 Å². The van der Waals surface area contributed by atoms with E-state index in [4.69, 9.17) is 4.74 Å². The second-order valence-corrected chi connectivity index (χ2v) is 6.94. The second-order valence-electron chi connectivity index (χ2n) is 6.94. The first-order valence-corrected chi connectivity index (χ1v) is 10.4. The zero-order valence-electron chi connectivity index (χ0n) is 16.5. The van der Waals surface area contributed by atoms with E-state index in [1.54, 1.807) is 0 Å². The third-order valence-electron chi connectivity index (χ3n) is 4.85. The molecule has 1 aromatic rings. The average molecular weight is 335 g/mol. The van der Waals surface area contributed by atoms with E-state index in [9.17, 15) is 0 Å². The van der Waals surface area contributed by atoms with Crippen LogP contribution in [-0.2, 0) is 24.3 Å². The molecule has 0 fully saturated rings. The first-order valence-electron chi connectivity index (χ1n) is 10.4. The van der Waals surface area contributed by atoms with E-state index >= 15 is 0 Å². The lowest BCUT2D eigenvalue weighted by atomic mass is 10.1. The van der Waals surface area contributed by atoms with Crippen LogP contribution in [0.4, 0.5) is 0 Å². The molecule has 0 aliphatic carbocycles. The molecule has 2 heteroatoms. The Morgan fingerprint density at radius 2 is 1.33 bits per heavy atom. The molecule has 1 rings (SSSR count). The summed E-state index contributed by atoms with van der Waals surface area (Å²) in [5.74, 6) is 0. The van der Waals surface area contributed by atoms with Crippen LogP contribution in [0.25, 0.3) is 0 Å². The number of nitrogens with zero attached hydrogens (tertiary/aromatic N) is 1. The third kappa shape index (κ3) is 9.42. The Morgan fingerprint density at radius 3 is 1.92 bits per heavy atom. The van der Waals surface area contributed by atoms with E-state index in [-0.39, 0.29) is 0 Å². The monoisotopic (exact) mass is 334 g/mol. The highest BCUT2D eigenvalue weighted by molar-refractivity contribution is 5.20. The maximum atomic E-state index is 5.83. The third-order valence-corrected chi connectivity index (χ3v) is 4.85. The fraction of sp³-hybridized carbons (Fsp3) is 0.773. The van der Waals surface area contributed by atoms with Crippen molar-refractivity contribution in [2.45, 2.75) is 105 Å². The van der Waals surface area contributed by atoms with Gasteiger partial charge in [-0.1, -0.05) is 78.6 Å². The van der Waals surface area contributed by atoms with Crippen LogP contribution >= 0.6 is 0 Å². The lowest BCUT2D eigenvalue weighted by Gasteiger charge is -2.05. The molecule has 0 aliphatic rings. The van der Waals surface area contributed by atoms with Crippen LogP contribution in [0.1, 0.15) is 96.1 Å². The Bertz CT molecular complexity index is 416. The van der Waals surface area contributed by atoms with E-state index < -0.39 is 0 Å². The number of hydrogen-bond donors (Lipinski definition) is 0. The Morgan fingerprint density at radius 1 is 0.750 bits per heavy atom. The topological polar surface area (TPSA) is 13.1 Å². The van der Waals surface area contributed by atoms with Crippen molar-refractivity contribution in [1.82, 2.24) is 0 Å². The van der Waals surface area contributed by atoms with Gasteiger partial charge in [-0.15, -0.1) is 0 Å². The van der Waals surface area contributed by atoms with Gasteiger partial charge in [-0.25, -0.2) is 0 Å². The van der Waals surface area contributed by atoms with Crippen LogP contribution in [0.2, 0.25) is 0 Å². The van der Waals surface area contributed by atoms with Crippen molar-refractivity contribution < 1.29 is 9.30 Å². The molecule has 0 aliphatic heterocycles. The summed E-state index contributed by atoms with van der Waals surface area (Å²) in [6.45, 7) is 8.31. The van der Waals surface area contributed by atoms with Crippen LogP contribution in [0, 0.1) is 0 Å². The van der Waals surface area contributed by atoms with Gasteiger partial charge in [0.2, 0.25) is 0 Å². The molecule has 0 saturated carbocycles. The number of aryl methyl sites for hydroxylation is 2. The fourth-order valence-corrected chi connectivity index (χ4v) is 3.22. The number of pyridine rings is 1. The Labute approximate surface area is 150 Å². The zero-order valence-corrected chi connectivity index (χ0v) is 16.5.